The lowest BCUT2D eigenvalue weighted by molar-refractivity contribution is 0.407. The van der Waals surface area contributed by atoms with Crippen molar-refractivity contribution >= 4 is 5.57 Å². The fourth-order valence-corrected chi connectivity index (χ4v) is 2.72. The van der Waals surface area contributed by atoms with Gasteiger partial charge in [-0.3, -0.25) is 0 Å². The van der Waals surface area contributed by atoms with E-state index in [1.165, 1.54) is 22.3 Å². The summed E-state index contributed by atoms with van der Waals surface area (Å²) in [7, 11) is 1.76. The second-order valence-corrected chi connectivity index (χ2v) is 5.58. The van der Waals surface area contributed by atoms with Gasteiger partial charge in [0, 0.05) is 0 Å². The molecule has 0 saturated carbocycles. The van der Waals surface area contributed by atoms with Crippen LogP contribution in [-0.2, 0) is 0 Å². The quantitative estimate of drug-likeness (QED) is 0.889. The lowest BCUT2D eigenvalue weighted by Crippen LogP contribution is -2.14. The number of aryl methyl sites for hydroxylation is 1. The summed E-state index contributed by atoms with van der Waals surface area (Å²) in [5.41, 5.74) is 5.50. The van der Waals surface area contributed by atoms with Crippen LogP contribution in [0.2, 0.25) is 0 Å². The van der Waals surface area contributed by atoms with Gasteiger partial charge in [-0.25, -0.2) is 0 Å². The van der Waals surface area contributed by atoms with Crippen LogP contribution in [0.25, 0.3) is 5.57 Å². The predicted molar refractivity (Wildman–Crippen MR) is 81.9 cm³/mol. The number of nitrogens with one attached hydrogen (secondary N) is 1. The first-order chi connectivity index (χ1) is 9.13. The SMILES string of the molecule is COc1cc(C)c(C2=CCCNCC2)cc1C(C)C. The molecule has 1 aliphatic rings. The molecule has 2 heteroatoms. The van der Waals surface area contributed by atoms with E-state index in [2.05, 4.69) is 44.3 Å². The zero-order chi connectivity index (χ0) is 13.8. The molecule has 2 rings (SSSR count). The molecule has 0 unspecified atom stereocenters. The Morgan fingerprint density at radius 2 is 2.00 bits per heavy atom. The van der Waals surface area contributed by atoms with E-state index >= 15 is 0 Å². The molecule has 2 nitrogen and oxygen atoms in total. The van der Waals surface area contributed by atoms with Gasteiger partial charge in [-0.2, -0.15) is 0 Å². The Morgan fingerprint density at radius 3 is 2.68 bits per heavy atom. The van der Waals surface area contributed by atoms with Gasteiger partial charge in [0.1, 0.15) is 5.75 Å². The average Bonchev–Trinajstić information content (AvgIpc) is 2.66. The Hall–Kier alpha value is -1.28. The summed E-state index contributed by atoms with van der Waals surface area (Å²) in [5, 5.41) is 3.45. The maximum atomic E-state index is 5.52. The van der Waals surface area contributed by atoms with Crippen LogP contribution >= 0.6 is 0 Å². The summed E-state index contributed by atoms with van der Waals surface area (Å²) in [6.07, 6.45) is 4.63. The fourth-order valence-electron chi connectivity index (χ4n) is 2.72. The fraction of sp³-hybridized carbons (Fsp3) is 0.529. The smallest absolute Gasteiger partial charge is 0.122 e. The van der Waals surface area contributed by atoms with Crippen molar-refractivity contribution in [3.8, 4) is 5.75 Å². The van der Waals surface area contributed by atoms with E-state index in [4.69, 9.17) is 4.74 Å². The molecule has 1 aromatic rings. The highest BCUT2D eigenvalue weighted by atomic mass is 16.5. The van der Waals surface area contributed by atoms with E-state index in [0.29, 0.717) is 5.92 Å². The number of hydrogen-bond acceptors (Lipinski definition) is 2. The first kappa shape index (κ1) is 14.1. The molecule has 1 aliphatic heterocycles. The van der Waals surface area contributed by atoms with Gasteiger partial charge in [-0.05, 0) is 73.2 Å². The Morgan fingerprint density at radius 1 is 1.21 bits per heavy atom. The Balaban J connectivity index is 2.45. The summed E-state index contributed by atoms with van der Waals surface area (Å²) in [4.78, 5) is 0. The van der Waals surface area contributed by atoms with Gasteiger partial charge in [0.25, 0.3) is 0 Å². The first-order valence-corrected chi connectivity index (χ1v) is 7.22. The van der Waals surface area contributed by atoms with Crippen LogP contribution < -0.4 is 10.1 Å². The molecule has 104 valence electrons. The minimum Gasteiger partial charge on any atom is -0.496 e. The molecule has 0 amide bonds. The molecule has 0 saturated heterocycles. The maximum Gasteiger partial charge on any atom is 0.122 e. The van der Waals surface area contributed by atoms with Crippen molar-refractivity contribution in [2.75, 3.05) is 20.2 Å². The Bertz CT molecular complexity index is 474. The largest absolute Gasteiger partial charge is 0.496 e. The van der Waals surface area contributed by atoms with Crippen LogP contribution in [0, 0.1) is 6.92 Å². The standard InChI is InChI=1S/C17H25NO/c1-12(2)15-11-16(13(3)10-17(15)19-4)14-6-5-8-18-9-7-14/h6,10-12,18H,5,7-9H2,1-4H3. The normalized spacial score (nSPS) is 16.2. The molecule has 1 aromatic carbocycles. The summed E-state index contributed by atoms with van der Waals surface area (Å²) in [6, 6.07) is 4.51. The molecule has 0 aliphatic carbocycles. The number of ether oxygens (including phenoxy) is 1. The zero-order valence-corrected chi connectivity index (χ0v) is 12.5. The summed E-state index contributed by atoms with van der Waals surface area (Å²) in [5.74, 6) is 1.50. The van der Waals surface area contributed by atoms with E-state index in [1.54, 1.807) is 7.11 Å². The van der Waals surface area contributed by atoms with E-state index in [1.807, 2.05) is 0 Å². The minimum absolute atomic E-state index is 0.485. The minimum atomic E-state index is 0.485. The molecule has 0 bridgehead atoms. The summed E-state index contributed by atoms with van der Waals surface area (Å²) in [6.45, 7) is 8.80. The molecule has 0 spiro atoms. The zero-order valence-electron chi connectivity index (χ0n) is 12.5. The van der Waals surface area contributed by atoms with Crippen LogP contribution in [0.15, 0.2) is 18.2 Å². The molecule has 0 aromatic heterocycles. The predicted octanol–water partition coefficient (Wildman–Crippen LogP) is 3.89. The maximum absolute atomic E-state index is 5.52. The van der Waals surface area contributed by atoms with Crippen molar-refractivity contribution in [2.45, 2.75) is 39.5 Å². The molecular formula is C17H25NO. The van der Waals surface area contributed by atoms with Gasteiger partial charge in [-0.1, -0.05) is 19.9 Å². The van der Waals surface area contributed by atoms with E-state index < -0.39 is 0 Å². The van der Waals surface area contributed by atoms with Crippen molar-refractivity contribution in [2.24, 2.45) is 0 Å². The Labute approximate surface area is 116 Å². The van der Waals surface area contributed by atoms with Gasteiger partial charge in [-0.15, -0.1) is 0 Å². The van der Waals surface area contributed by atoms with Gasteiger partial charge in [0.15, 0.2) is 0 Å². The Kier molecular flexibility index (Phi) is 4.65. The van der Waals surface area contributed by atoms with E-state index in [9.17, 15) is 0 Å². The van der Waals surface area contributed by atoms with Gasteiger partial charge in [0.2, 0.25) is 0 Å². The van der Waals surface area contributed by atoms with Crippen molar-refractivity contribution in [1.29, 1.82) is 0 Å². The molecule has 0 atom stereocenters. The molecule has 0 radical (unpaired) electrons. The monoisotopic (exact) mass is 259 g/mol. The van der Waals surface area contributed by atoms with Gasteiger partial charge in [0.05, 0.1) is 7.11 Å². The van der Waals surface area contributed by atoms with Crippen molar-refractivity contribution in [1.82, 2.24) is 5.32 Å². The highest BCUT2D eigenvalue weighted by molar-refractivity contribution is 5.70. The topological polar surface area (TPSA) is 21.3 Å². The summed E-state index contributed by atoms with van der Waals surface area (Å²) < 4.78 is 5.52. The second-order valence-electron chi connectivity index (χ2n) is 5.58. The third-order valence-corrected chi connectivity index (χ3v) is 3.83. The highest BCUT2D eigenvalue weighted by Crippen LogP contribution is 2.33. The third-order valence-electron chi connectivity index (χ3n) is 3.83. The van der Waals surface area contributed by atoms with Crippen LogP contribution in [-0.4, -0.2) is 20.2 Å². The van der Waals surface area contributed by atoms with Crippen molar-refractivity contribution in [3.05, 3.63) is 34.9 Å². The summed E-state index contributed by atoms with van der Waals surface area (Å²) >= 11 is 0. The number of methoxy groups -OCH3 is 1. The number of rotatable bonds is 3. The van der Waals surface area contributed by atoms with Crippen LogP contribution in [0.3, 0.4) is 0 Å². The first-order valence-electron chi connectivity index (χ1n) is 7.22. The van der Waals surface area contributed by atoms with Crippen LogP contribution in [0.1, 0.15) is 49.3 Å². The van der Waals surface area contributed by atoms with Crippen LogP contribution in [0.5, 0.6) is 5.75 Å². The van der Waals surface area contributed by atoms with Crippen molar-refractivity contribution < 1.29 is 4.74 Å². The second kappa shape index (κ2) is 6.25. The molecule has 19 heavy (non-hydrogen) atoms. The van der Waals surface area contributed by atoms with Crippen LogP contribution in [0.4, 0.5) is 0 Å². The molecular weight excluding hydrogens is 234 g/mol. The molecule has 1 heterocycles. The third kappa shape index (κ3) is 3.19. The number of hydrogen-bond donors (Lipinski definition) is 1. The lowest BCUT2D eigenvalue weighted by atomic mass is 9.91. The average molecular weight is 259 g/mol. The molecule has 1 N–H and O–H groups in total. The molecule has 0 fully saturated rings. The van der Waals surface area contributed by atoms with E-state index in [-0.39, 0.29) is 0 Å². The highest BCUT2D eigenvalue weighted by Gasteiger charge is 2.14. The van der Waals surface area contributed by atoms with Gasteiger partial charge >= 0.3 is 0 Å². The van der Waals surface area contributed by atoms with Gasteiger partial charge < -0.3 is 10.1 Å². The van der Waals surface area contributed by atoms with E-state index in [0.717, 1.165) is 31.7 Å². The lowest BCUT2D eigenvalue weighted by Gasteiger charge is -2.17. The van der Waals surface area contributed by atoms with Crippen molar-refractivity contribution in [3.63, 3.8) is 0 Å². The number of benzene rings is 1.